The first kappa shape index (κ1) is 15.1. The van der Waals surface area contributed by atoms with Gasteiger partial charge in [-0.3, -0.25) is 0 Å². The van der Waals surface area contributed by atoms with Gasteiger partial charge in [0, 0.05) is 17.7 Å². The topological polar surface area (TPSA) is 47.9 Å². The van der Waals surface area contributed by atoms with Crippen molar-refractivity contribution in [3.05, 3.63) is 53.3 Å². The molecule has 0 aliphatic carbocycles. The maximum absolute atomic E-state index is 14.0. The summed E-state index contributed by atoms with van der Waals surface area (Å²) in [5.74, 6) is 0.907. The Morgan fingerprint density at radius 1 is 0.857 bits per heavy atom. The van der Waals surface area contributed by atoms with E-state index < -0.39 is 11.9 Å². The minimum atomic E-state index is -1.13. The number of hydrogen-bond donors (Lipinski definition) is 1. The van der Waals surface area contributed by atoms with Gasteiger partial charge >= 0.3 is 0 Å². The van der Waals surface area contributed by atoms with Crippen LogP contribution in [-0.4, -0.2) is 26.4 Å². The molecule has 1 unspecified atom stereocenters. The molecule has 1 N–H and O–H groups in total. The Labute approximate surface area is 122 Å². The first-order chi connectivity index (χ1) is 10.1. The van der Waals surface area contributed by atoms with Gasteiger partial charge in [0.2, 0.25) is 0 Å². The van der Waals surface area contributed by atoms with E-state index in [1.165, 1.54) is 33.5 Å². The van der Waals surface area contributed by atoms with Gasteiger partial charge < -0.3 is 19.3 Å². The molecule has 0 radical (unpaired) electrons. The highest BCUT2D eigenvalue weighted by molar-refractivity contribution is 5.43. The number of ether oxygens (including phenoxy) is 3. The number of halogens is 1. The standard InChI is InChI=1S/C16H17FO4/c1-19-11-4-5-14(15(17)9-11)16(18)10-6-12(20-2)8-13(7-10)21-3/h4-9,16,18H,1-3H3. The zero-order valence-electron chi connectivity index (χ0n) is 12.1. The van der Waals surface area contributed by atoms with E-state index in [0.29, 0.717) is 22.8 Å². The predicted molar refractivity (Wildman–Crippen MR) is 76.6 cm³/mol. The van der Waals surface area contributed by atoms with E-state index in [2.05, 4.69) is 0 Å². The third-order valence-electron chi connectivity index (χ3n) is 3.19. The van der Waals surface area contributed by atoms with E-state index in [1.807, 2.05) is 0 Å². The molecule has 2 aromatic carbocycles. The summed E-state index contributed by atoms with van der Waals surface area (Å²) in [5.41, 5.74) is 0.640. The molecule has 1 atom stereocenters. The van der Waals surface area contributed by atoms with E-state index in [1.54, 1.807) is 24.3 Å². The monoisotopic (exact) mass is 292 g/mol. The van der Waals surface area contributed by atoms with Gasteiger partial charge in [-0.05, 0) is 29.8 Å². The SMILES string of the molecule is COc1cc(OC)cc(C(O)c2ccc(OC)cc2F)c1. The molecule has 0 aromatic heterocycles. The largest absolute Gasteiger partial charge is 0.497 e. The molecule has 0 bridgehead atoms. The number of benzene rings is 2. The smallest absolute Gasteiger partial charge is 0.133 e. The van der Waals surface area contributed by atoms with Crippen LogP contribution in [0.15, 0.2) is 36.4 Å². The van der Waals surface area contributed by atoms with Crippen molar-refractivity contribution in [2.24, 2.45) is 0 Å². The minimum Gasteiger partial charge on any atom is -0.497 e. The van der Waals surface area contributed by atoms with Crippen molar-refractivity contribution in [1.82, 2.24) is 0 Å². The predicted octanol–water partition coefficient (Wildman–Crippen LogP) is 2.93. The van der Waals surface area contributed by atoms with Crippen molar-refractivity contribution < 1.29 is 23.7 Å². The molecule has 5 heteroatoms. The molecule has 0 amide bonds. The molecular formula is C16H17FO4. The van der Waals surface area contributed by atoms with Gasteiger partial charge in [-0.1, -0.05) is 0 Å². The van der Waals surface area contributed by atoms with E-state index >= 15 is 0 Å². The summed E-state index contributed by atoms with van der Waals surface area (Å²) in [6, 6.07) is 9.27. The molecule has 0 heterocycles. The van der Waals surface area contributed by atoms with Crippen molar-refractivity contribution in [3.63, 3.8) is 0 Å². The fraction of sp³-hybridized carbons (Fsp3) is 0.250. The summed E-state index contributed by atoms with van der Waals surface area (Å²) in [6.07, 6.45) is -1.13. The lowest BCUT2D eigenvalue weighted by molar-refractivity contribution is 0.213. The van der Waals surface area contributed by atoms with E-state index in [0.717, 1.165) is 0 Å². The zero-order chi connectivity index (χ0) is 15.4. The Bertz CT molecular complexity index is 605. The lowest BCUT2D eigenvalue weighted by atomic mass is 10.0. The molecule has 0 spiro atoms. The minimum absolute atomic E-state index is 0.158. The summed E-state index contributed by atoms with van der Waals surface area (Å²) in [4.78, 5) is 0. The lowest BCUT2D eigenvalue weighted by Gasteiger charge is -2.15. The van der Waals surface area contributed by atoms with Gasteiger partial charge in [0.25, 0.3) is 0 Å². The summed E-state index contributed by atoms with van der Waals surface area (Å²) >= 11 is 0. The second-order valence-electron chi connectivity index (χ2n) is 4.44. The van der Waals surface area contributed by atoms with Crippen LogP contribution in [0.1, 0.15) is 17.2 Å². The van der Waals surface area contributed by atoms with Crippen LogP contribution in [0, 0.1) is 5.82 Å². The van der Waals surface area contributed by atoms with Crippen LogP contribution >= 0.6 is 0 Å². The average Bonchev–Trinajstić information content (AvgIpc) is 2.53. The number of methoxy groups -OCH3 is 3. The second-order valence-corrected chi connectivity index (χ2v) is 4.44. The van der Waals surface area contributed by atoms with Crippen molar-refractivity contribution in [2.45, 2.75) is 6.10 Å². The van der Waals surface area contributed by atoms with Crippen molar-refractivity contribution in [3.8, 4) is 17.2 Å². The highest BCUT2D eigenvalue weighted by Crippen LogP contribution is 2.31. The summed E-state index contributed by atoms with van der Waals surface area (Å²) in [7, 11) is 4.48. The Morgan fingerprint density at radius 3 is 1.90 bits per heavy atom. The fourth-order valence-corrected chi connectivity index (χ4v) is 2.02. The normalized spacial score (nSPS) is 11.9. The Hall–Kier alpha value is -2.27. The highest BCUT2D eigenvalue weighted by Gasteiger charge is 2.17. The molecular weight excluding hydrogens is 275 g/mol. The van der Waals surface area contributed by atoms with Gasteiger partial charge in [0.05, 0.1) is 21.3 Å². The first-order valence-electron chi connectivity index (χ1n) is 6.33. The van der Waals surface area contributed by atoms with Crippen LogP contribution in [0.2, 0.25) is 0 Å². The van der Waals surface area contributed by atoms with Crippen molar-refractivity contribution >= 4 is 0 Å². The van der Waals surface area contributed by atoms with Crippen LogP contribution in [-0.2, 0) is 0 Å². The number of rotatable bonds is 5. The lowest BCUT2D eigenvalue weighted by Crippen LogP contribution is -2.04. The molecule has 0 fully saturated rings. The third-order valence-corrected chi connectivity index (χ3v) is 3.19. The summed E-state index contributed by atoms with van der Waals surface area (Å²) in [6.45, 7) is 0. The molecule has 0 aliphatic heterocycles. The molecule has 0 aliphatic rings. The first-order valence-corrected chi connectivity index (χ1v) is 6.33. The molecule has 0 saturated carbocycles. The van der Waals surface area contributed by atoms with Crippen molar-refractivity contribution in [1.29, 1.82) is 0 Å². The molecule has 2 aromatic rings. The highest BCUT2D eigenvalue weighted by atomic mass is 19.1. The van der Waals surface area contributed by atoms with Gasteiger partial charge in [0.1, 0.15) is 29.2 Å². The Kier molecular flexibility index (Phi) is 4.65. The zero-order valence-corrected chi connectivity index (χ0v) is 12.1. The van der Waals surface area contributed by atoms with Crippen LogP contribution in [0.5, 0.6) is 17.2 Å². The van der Waals surface area contributed by atoms with Crippen molar-refractivity contribution in [2.75, 3.05) is 21.3 Å². The molecule has 4 nitrogen and oxygen atoms in total. The molecule has 21 heavy (non-hydrogen) atoms. The third kappa shape index (κ3) is 3.25. The van der Waals surface area contributed by atoms with E-state index in [4.69, 9.17) is 14.2 Å². The van der Waals surface area contributed by atoms with Crippen LogP contribution in [0.3, 0.4) is 0 Å². The van der Waals surface area contributed by atoms with E-state index in [-0.39, 0.29) is 5.56 Å². The summed E-state index contributed by atoms with van der Waals surface area (Å²) in [5, 5.41) is 10.4. The molecule has 0 saturated heterocycles. The number of aliphatic hydroxyl groups excluding tert-OH is 1. The van der Waals surface area contributed by atoms with Gasteiger partial charge in [-0.25, -0.2) is 4.39 Å². The Balaban J connectivity index is 2.41. The molecule has 112 valence electrons. The number of hydrogen-bond acceptors (Lipinski definition) is 4. The van der Waals surface area contributed by atoms with Crippen LogP contribution in [0.4, 0.5) is 4.39 Å². The Morgan fingerprint density at radius 2 is 1.43 bits per heavy atom. The maximum atomic E-state index is 14.0. The van der Waals surface area contributed by atoms with Gasteiger partial charge in [-0.15, -0.1) is 0 Å². The van der Waals surface area contributed by atoms with Gasteiger partial charge in [0.15, 0.2) is 0 Å². The number of aliphatic hydroxyl groups is 1. The quantitative estimate of drug-likeness (QED) is 0.920. The maximum Gasteiger partial charge on any atom is 0.133 e. The average molecular weight is 292 g/mol. The van der Waals surface area contributed by atoms with E-state index in [9.17, 15) is 9.50 Å². The van der Waals surface area contributed by atoms with Gasteiger partial charge in [-0.2, -0.15) is 0 Å². The van der Waals surface area contributed by atoms with Crippen LogP contribution in [0.25, 0.3) is 0 Å². The summed E-state index contributed by atoms with van der Waals surface area (Å²) < 4.78 is 29.3. The molecule has 2 rings (SSSR count). The fourth-order valence-electron chi connectivity index (χ4n) is 2.02. The second kappa shape index (κ2) is 6.45. The van der Waals surface area contributed by atoms with Crippen LogP contribution < -0.4 is 14.2 Å².